The van der Waals surface area contributed by atoms with Crippen molar-refractivity contribution in [3.63, 3.8) is 0 Å². The summed E-state index contributed by atoms with van der Waals surface area (Å²) in [7, 11) is 3.33. The summed E-state index contributed by atoms with van der Waals surface area (Å²) >= 11 is 0. The zero-order chi connectivity index (χ0) is 16.3. The van der Waals surface area contributed by atoms with Crippen molar-refractivity contribution < 1.29 is 14.3 Å². The molecule has 1 atom stereocenters. The summed E-state index contributed by atoms with van der Waals surface area (Å²) in [5.74, 6) is 1.91. The van der Waals surface area contributed by atoms with Crippen LogP contribution in [-0.4, -0.2) is 20.0 Å². The quantitative estimate of drug-likeness (QED) is 0.851. The molecule has 2 aromatic rings. The van der Waals surface area contributed by atoms with Gasteiger partial charge in [-0.25, -0.2) is 0 Å². The molecule has 0 aromatic heterocycles. The summed E-state index contributed by atoms with van der Waals surface area (Å²) in [6.07, 6.45) is 3.02. The van der Waals surface area contributed by atoms with E-state index in [0.717, 1.165) is 29.9 Å². The Kier molecular flexibility index (Phi) is 4.37. The Hall–Kier alpha value is -2.29. The third-order valence-corrected chi connectivity index (χ3v) is 4.81. The van der Waals surface area contributed by atoms with Crippen LogP contribution in [0.15, 0.2) is 48.5 Å². The number of carbonyl (C=O) groups excluding carboxylic acids is 1. The molecule has 0 radical (unpaired) electrons. The zero-order valence-electron chi connectivity index (χ0n) is 13.7. The largest absolute Gasteiger partial charge is 0.497 e. The molecule has 1 aliphatic rings. The lowest BCUT2D eigenvalue weighted by Crippen LogP contribution is -2.34. The summed E-state index contributed by atoms with van der Waals surface area (Å²) in [6.45, 7) is 0. The Morgan fingerprint density at radius 3 is 2.43 bits per heavy atom. The molecule has 120 valence electrons. The van der Waals surface area contributed by atoms with Gasteiger partial charge in [-0.3, -0.25) is 4.79 Å². The van der Waals surface area contributed by atoms with Crippen LogP contribution in [0.2, 0.25) is 0 Å². The van der Waals surface area contributed by atoms with Gasteiger partial charge in [-0.1, -0.05) is 30.3 Å². The van der Waals surface area contributed by atoms with Crippen molar-refractivity contribution in [2.75, 3.05) is 14.2 Å². The van der Waals surface area contributed by atoms with Gasteiger partial charge in [-0.2, -0.15) is 0 Å². The fourth-order valence-electron chi connectivity index (χ4n) is 3.68. The molecule has 0 spiro atoms. The third-order valence-electron chi connectivity index (χ3n) is 4.81. The molecule has 0 N–H and O–H groups in total. The fourth-order valence-corrected chi connectivity index (χ4v) is 3.68. The van der Waals surface area contributed by atoms with Crippen molar-refractivity contribution in [1.29, 1.82) is 0 Å². The number of ketones is 1. The summed E-state index contributed by atoms with van der Waals surface area (Å²) < 4.78 is 11.0. The van der Waals surface area contributed by atoms with Crippen LogP contribution in [0.5, 0.6) is 11.5 Å². The minimum Gasteiger partial charge on any atom is -0.497 e. The first kappa shape index (κ1) is 15.6. The predicted octanol–water partition coefficient (Wildman–Crippen LogP) is 4.13. The molecule has 3 rings (SSSR count). The number of Topliss-reactive ketones (excluding diaryl/α,β-unsaturated/α-hetero) is 1. The minimum atomic E-state index is -0.337. The molecule has 1 unspecified atom stereocenters. The van der Waals surface area contributed by atoms with E-state index < -0.39 is 0 Å². The van der Waals surface area contributed by atoms with E-state index in [2.05, 4.69) is 12.1 Å². The van der Waals surface area contributed by atoms with Gasteiger partial charge in [0, 0.05) is 23.8 Å². The fraction of sp³-hybridized carbons (Fsp3) is 0.350. The van der Waals surface area contributed by atoms with Gasteiger partial charge in [-0.15, -0.1) is 0 Å². The van der Waals surface area contributed by atoms with Gasteiger partial charge in [0.2, 0.25) is 0 Å². The molecule has 3 heteroatoms. The monoisotopic (exact) mass is 310 g/mol. The molecular weight excluding hydrogens is 288 g/mol. The van der Waals surface area contributed by atoms with Gasteiger partial charge in [0.05, 0.1) is 14.2 Å². The van der Waals surface area contributed by atoms with Gasteiger partial charge in [0.25, 0.3) is 0 Å². The van der Waals surface area contributed by atoms with E-state index in [0.29, 0.717) is 18.6 Å². The maximum atomic E-state index is 12.3. The number of ether oxygens (including phenoxy) is 2. The Balaban J connectivity index is 2.22. The number of hydrogen-bond donors (Lipinski definition) is 0. The highest BCUT2D eigenvalue weighted by Crippen LogP contribution is 2.47. The lowest BCUT2D eigenvalue weighted by Gasteiger charge is -2.38. The van der Waals surface area contributed by atoms with Crippen molar-refractivity contribution in [3.05, 3.63) is 59.7 Å². The standard InChI is InChI=1S/C20H22O3/c1-22-17-10-11-19(23-2)18(13-17)20(12-6-9-16(21)14-20)15-7-4-3-5-8-15/h3-5,7-8,10-11,13H,6,9,12,14H2,1-2H3. The summed E-state index contributed by atoms with van der Waals surface area (Å²) in [4.78, 5) is 12.3. The van der Waals surface area contributed by atoms with Crippen LogP contribution >= 0.6 is 0 Å². The normalized spacial score (nSPS) is 21.0. The van der Waals surface area contributed by atoms with Crippen molar-refractivity contribution in [1.82, 2.24) is 0 Å². The number of hydrogen-bond acceptors (Lipinski definition) is 3. The van der Waals surface area contributed by atoms with Gasteiger partial charge >= 0.3 is 0 Å². The van der Waals surface area contributed by atoms with Crippen molar-refractivity contribution in [2.45, 2.75) is 31.1 Å². The van der Waals surface area contributed by atoms with Gasteiger partial charge in [-0.05, 0) is 36.6 Å². The minimum absolute atomic E-state index is 0.310. The highest BCUT2D eigenvalue weighted by molar-refractivity contribution is 5.82. The second kappa shape index (κ2) is 6.45. The summed E-state index contributed by atoms with van der Waals surface area (Å²) in [6, 6.07) is 16.1. The maximum absolute atomic E-state index is 12.3. The molecule has 0 heterocycles. The van der Waals surface area contributed by atoms with Crippen molar-refractivity contribution >= 4 is 5.78 Å². The van der Waals surface area contributed by atoms with Gasteiger partial charge in [0.1, 0.15) is 17.3 Å². The lowest BCUT2D eigenvalue weighted by atomic mass is 9.64. The van der Waals surface area contributed by atoms with E-state index in [1.807, 2.05) is 36.4 Å². The molecular formula is C20H22O3. The lowest BCUT2D eigenvalue weighted by molar-refractivity contribution is -0.121. The van der Waals surface area contributed by atoms with Crippen LogP contribution in [-0.2, 0) is 10.2 Å². The highest BCUT2D eigenvalue weighted by atomic mass is 16.5. The average Bonchev–Trinajstić information content (AvgIpc) is 2.61. The summed E-state index contributed by atoms with van der Waals surface area (Å²) in [5.41, 5.74) is 1.87. The van der Waals surface area contributed by atoms with E-state index in [9.17, 15) is 4.79 Å². The molecule has 2 aromatic carbocycles. The molecule has 3 nitrogen and oxygen atoms in total. The van der Waals surface area contributed by atoms with Crippen LogP contribution in [0.4, 0.5) is 0 Å². The maximum Gasteiger partial charge on any atom is 0.134 e. The molecule has 0 saturated heterocycles. The van der Waals surface area contributed by atoms with Gasteiger partial charge in [0.15, 0.2) is 0 Å². The molecule has 0 amide bonds. The smallest absolute Gasteiger partial charge is 0.134 e. The second-order valence-electron chi connectivity index (χ2n) is 6.08. The topological polar surface area (TPSA) is 35.5 Å². The number of methoxy groups -OCH3 is 2. The van der Waals surface area contributed by atoms with Crippen molar-refractivity contribution in [3.8, 4) is 11.5 Å². The third kappa shape index (κ3) is 2.83. The van der Waals surface area contributed by atoms with Crippen LogP contribution in [0.3, 0.4) is 0 Å². The second-order valence-corrected chi connectivity index (χ2v) is 6.08. The molecule has 23 heavy (non-hydrogen) atoms. The SMILES string of the molecule is COc1ccc(OC)c(C2(c3ccccc3)CCCC(=O)C2)c1. The Morgan fingerprint density at radius 2 is 1.78 bits per heavy atom. The first-order chi connectivity index (χ1) is 11.2. The first-order valence-corrected chi connectivity index (χ1v) is 7.99. The van der Waals surface area contributed by atoms with Crippen LogP contribution in [0.25, 0.3) is 0 Å². The molecule has 0 bridgehead atoms. The number of rotatable bonds is 4. The van der Waals surface area contributed by atoms with Gasteiger partial charge < -0.3 is 9.47 Å². The molecule has 0 aliphatic heterocycles. The van der Waals surface area contributed by atoms with E-state index in [1.165, 1.54) is 5.56 Å². The van der Waals surface area contributed by atoms with E-state index in [-0.39, 0.29) is 5.41 Å². The van der Waals surface area contributed by atoms with Crippen LogP contribution in [0.1, 0.15) is 36.8 Å². The van der Waals surface area contributed by atoms with E-state index >= 15 is 0 Å². The Morgan fingerprint density at radius 1 is 1.00 bits per heavy atom. The summed E-state index contributed by atoms with van der Waals surface area (Å²) in [5, 5.41) is 0. The zero-order valence-corrected chi connectivity index (χ0v) is 13.7. The van der Waals surface area contributed by atoms with E-state index in [4.69, 9.17) is 9.47 Å². The van der Waals surface area contributed by atoms with Crippen LogP contribution in [0, 0.1) is 0 Å². The van der Waals surface area contributed by atoms with Crippen LogP contribution < -0.4 is 9.47 Å². The highest BCUT2D eigenvalue weighted by Gasteiger charge is 2.41. The average molecular weight is 310 g/mol. The predicted molar refractivity (Wildman–Crippen MR) is 90.2 cm³/mol. The first-order valence-electron chi connectivity index (χ1n) is 7.99. The molecule has 1 fully saturated rings. The Bertz CT molecular complexity index is 693. The Labute approximate surface area is 137 Å². The van der Waals surface area contributed by atoms with E-state index in [1.54, 1.807) is 14.2 Å². The number of benzene rings is 2. The molecule has 1 aliphatic carbocycles. The van der Waals surface area contributed by atoms with Crippen molar-refractivity contribution in [2.24, 2.45) is 0 Å². The number of carbonyl (C=O) groups is 1. The molecule has 1 saturated carbocycles.